The fraction of sp³-hybridized carbons (Fsp3) is 0.727. The Kier molecular flexibility index (Phi) is 4.33. The van der Waals surface area contributed by atoms with Crippen molar-refractivity contribution in [2.75, 3.05) is 49.5 Å². The van der Waals surface area contributed by atoms with Gasteiger partial charge in [0.2, 0.25) is 17.8 Å². The third kappa shape index (κ3) is 3.21. The Morgan fingerprint density at radius 2 is 1.95 bits per heavy atom. The number of hydrogen-bond donors (Lipinski definition) is 2. The molecule has 0 amide bonds. The molecule has 0 spiro atoms. The molecule has 1 aliphatic rings. The maximum Gasteiger partial charge on any atom is 0.243 e. The maximum atomic E-state index is 5.40. The van der Waals surface area contributed by atoms with Crippen LogP contribution in [0.15, 0.2) is 0 Å². The lowest BCUT2D eigenvalue weighted by molar-refractivity contribution is 0.0816. The average molecular weight is 267 g/mol. The van der Waals surface area contributed by atoms with Crippen LogP contribution >= 0.6 is 0 Å². The third-order valence-electron chi connectivity index (χ3n) is 3.20. The maximum absolute atomic E-state index is 5.40. The summed E-state index contributed by atoms with van der Waals surface area (Å²) in [6, 6.07) is 0. The number of piperidine rings is 1. The van der Waals surface area contributed by atoms with Crippen LogP contribution in [0.1, 0.15) is 12.8 Å². The molecule has 19 heavy (non-hydrogen) atoms. The van der Waals surface area contributed by atoms with Gasteiger partial charge in [-0.1, -0.05) is 0 Å². The minimum Gasteiger partial charge on any atom is -0.381 e. The lowest BCUT2D eigenvalue weighted by atomic mass is 10.1. The van der Waals surface area contributed by atoms with Gasteiger partial charge < -0.3 is 14.5 Å². The number of nitrogen functional groups attached to an aromatic ring is 1. The van der Waals surface area contributed by atoms with Crippen molar-refractivity contribution in [3.8, 4) is 0 Å². The standard InChI is InChI=1S/C11H21N7O/c1-17(2)10-13-9(16-12)14-11(15-10)18-6-4-8(19-3)5-7-18/h8H,4-7,12H2,1-3H3,(H,13,14,15,16). The number of nitrogens with zero attached hydrogens (tertiary/aromatic N) is 5. The molecule has 0 aliphatic carbocycles. The molecule has 0 bridgehead atoms. The summed E-state index contributed by atoms with van der Waals surface area (Å²) in [6.45, 7) is 1.75. The van der Waals surface area contributed by atoms with Gasteiger partial charge in [-0.3, -0.25) is 5.43 Å². The molecule has 1 saturated heterocycles. The highest BCUT2D eigenvalue weighted by atomic mass is 16.5. The van der Waals surface area contributed by atoms with E-state index < -0.39 is 0 Å². The monoisotopic (exact) mass is 267 g/mol. The lowest BCUT2D eigenvalue weighted by Crippen LogP contribution is -2.38. The van der Waals surface area contributed by atoms with Crippen LogP contribution in [0.3, 0.4) is 0 Å². The molecule has 8 nitrogen and oxygen atoms in total. The molecule has 1 aliphatic heterocycles. The van der Waals surface area contributed by atoms with Crippen LogP contribution in [0.4, 0.5) is 17.8 Å². The minimum atomic E-state index is 0.332. The summed E-state index contributed by atoms with van der Waals surface area (Å²) in [6.07, 6.45) is 2.29. The quantitative estimate of drug-likeness (QED) is 0.574. The molecule has 106 valence electrons. The van der Waals surface area contributed by atoms with E-state index in [1.807, 2.05) is 19.0 Å². The number of rotatable bonds is 4. The van der Waals surface area contributed by atoms with E-state index in [9.17, 15) is 0 Å². The Balaban J connectivity index is 2.17. The zero-order valence-corrected chi connectivity index (χ0v) is 11.6. The Morgan fingerprint density at radius 1 is 1.26 bits per heavy atom. The van der Waals surface area contributed by atoms with Crippen molar-refractivity contribution >= 4 is 17.8 Å². The summed E-state index contributed by atoms with van der Waals surface area (Å²) < 4.78 is 5.36. The number of methoxy groups -OCH3 is 1. The van der Waals surface area contributed by atoms with Crippen LogP contribution in [-0.2, 0) is 4.74 Å². The van der Waals surface area contributed by atoms with Gasteiger partial charge in [0.1, 0.15) is 0 Å². The van der Waals surface area contributed by atoms with Crippen LogP contribution < -0.4 is 21.1 Å². The molecule has 8 heteroatoms. The second-order valence-electron chi connectivity index (χ2n) is 4.72. The van der Waals surface area contributed by atoms with Crippen LogP contribution in [-0.4, -0.2) is 55.4 Å². The SMILES string of the molecule is COC1CCN(c2nc(NN)nc(N(C)C)n2)CC1. The average Bonchev–Trinajstić information content (AvgIpc) is 2.46. The van der Waals surface area contributed by atoms with Gasteiger partial charge in [-0.2, -0.15) is 15.0 Å². The van der Waals surface area contributed by atoms with Crippen LogP contribution in [0.2, 0.25) is 0 Å². The third-order valence-corrected chi connectivity index (χ3v) is 3.20. The summed E-state index contributed by atoms with van der Waals surface area (Å²) >= 11 is 0. The van der Waals surface area contributed by atoms with Gasteiger partial charge in [0.05, 0.1) is 6.10 Å². The number of nitrogens with one attached hydrogen (secondary N) is 1. The number of nitrogens with two attached hydrogens (primary N) is 1. The van der Waals surface area contributed by atoms with Gasteiger partial charge in [0, 0.05) is 34.3 Å². The van der Waals surface area contributed by atoms with E-state index in [2.05, 4.69) is 25.3 Å². The van der Waals surface area contributed by atoms with Gasteiger partial charge in [-0.15, -0.1) is 0 Å². The van der Waals surface area contributed by atoms with Crippen molar-refractivity contribution < 1.29 is 4.74 Å². The summed E-state index contributed by atoms with van der Waals surface area (Å²) in [4.78, 5) is 16.9. The van der Waals surface area contributed by atoms with Gasteiger partial charge in [0.25, 0.3) is 0 Å². The zero-order chi connectivity index (χ0) is 13.8. The minimum absolute atomic E-state index is 0.332. The number of anilines is 3. The Bertz CT molecular complexity index is 418. The molecule has 1 aromatic rings. The fourth-order valence-electron chi connectivity index (χ4n) is 2.05. The largest absolute Gasteiger partial charge is 0.381 e. The highest BCUT2D eigenvalue weighted by molar-refractivity contribution is 5.44. The van der Waals surface area contributed by atoms with Crippen molar-refractivity contribution in [3.05, 3.63) is 0 Å². The van der Waals surface area contributed by atoms with E-state index >= 15 is 0 Å². The first-order valence-electron chi connectivity index (χ1n) is 6.31. The molecular formula is C11H21N7O. The molecule has 0 atom stereocenters. The Morgan fingerprint density at radius 3 is 2.47 bits per heavy atom. The summed E-state index contributed by atoms with van der Waals surface area (Å²) in [7, 11) is 5.52. The van der Waals surface area contributed by atoms with Crippen molar-refractivity contribution in [1.29, 1.82) is 0 Å². The molecule has 2 heterocycles. The topological polar surface area (TPSA) is 92.4 Å². The molecule has 1 fully saturated rings. The molecular weight excluding hydrogens is 246 g/mol. The zero-order valence-electron chi connectivity index (χ0n) is 11.6. The second-order valence-corrected chi connectivity index (χ2v) is 4.72. The van der Waals surface area contributed by atoms with Crippen molar-refractivity contribution in [1.82, 2.24) is 15.0 Å². The van der Waals surface area contributed by atoms with Crippen LogP contribution in [0.5, 0.6) is 0 Å². The van der Waals surface area contributed by atoms with Crippen molar-refractivity contribution in [3.63, 3.8) is 0 Å². The summed E-state index contributed by atoms with van der Waals surface area (Å²) in [5, 5.41) is 0. The van der Waals surface area contributed by atoms with E-state index in [1.54, 1.807) is 7.11 Å². The highest BCUT2D eigenvalue weighted by Crippen LogP contribution is 2.20. The Hall–Kier alpha value is -1.67. The molecule has 0 radical (unpaired) electrons. The lowest BCUT2D eigenvalue weighted by Gasteiger charge is -2.31. The van der Waals surface area contributed by atoms with Crippen molar-refractivity contribution in [2.24, 2.45) is 5.84 Å². The summed E-state index contributed by atoms with van der Waals surface area (Å²) in [5.41, 5.74) is 2.48. The van der Waals surface area contributed by atoms with E-state index in [4.69, 9.17) is 10.6 Å². The van der Waals surface area contributed by atoms with Crippen LogP contribution in [0, 0.1) is 0 Å². The predicted molar refractivity (Wildman–Crippen MR) is 74.2 cm³/mol. The van der Waals surface area contributed by atoms with E-state index in [1.165, 1.54) is 0 Å². The molecule has 0 unspecified atom stereocenters. The van der Waals surface area contributed by atoms with Gasteiger partial charge in [0.15, 0.2) is 0 Å². The fourth-order valence-corrected chi connectivity index (χ4v) is 2.05. The Labute approximate surface area is 112 Å². The van der Waals surface area contributed by atoms with Crippen LogP contribution in [0.25, 0.3) is 0 Å². The first-order valence-corrected chi connectivity index (χ1v) is 6.31. The molecule has 3 N–H and O–H groups in total. The van der Waals surface area contributed by atoms with Gasteiger partial charge in [-0.05, 0) is 12.8 Å². The van der Waals surface area contributed by atoms with Gasteiger partial charge in [-0.25, -0.2) is 5.84 Å². The predicted octanol–water partition coefficient (Wildman–Crippen LogP) is -0.162. The molecule has 2 rings (SSSR count). The number of ether oxygens (including phenoxy) is 1. The molecule has 1 aromatic heterocycles. The summed E-state index contributed by atoms with van der Waals surface area (Å²) in [5.74, 6) is 7.02. The number of hydrazine groups is 1. The molecule has 0 aromatic carbocycles. The molecule has 0 saturated carbocycles. The normalized spacial score (nSPS) is 16.5. The van der Waals surface area contributed by atoms with E-state index in [-0.39, 0.29) is 0 Å². The van der Waals surface area contributed by atoms with E-state index in [0.29, 0.717) is 23.9 Å². The first-order chi connectivity index (χ1) is 9.13. The number of aromatic nitrogens is 3. The highest BCUT2D eigenvalue weighted by Gasteiger charge is 2.21. The van der Waals surface area contributed by atoms with Gasteiger partial charge >= 0.3 is 0 Å². The smallest absolute Gasteiger partial charge is 0.243 e. The van der Waals surface area contributed by atoms with Crippen molar-refractivity contribution in [2.45, 2.75) is 18.9 Å². The second kappa shape index (κ2) is 5.98. The van der Waals surface area contributed by atoms with E-state index in [0.717, 1.165) is 25.9 Å². The number of hydrogen-bond acceptors (Lipinski definition) is 8. The first kappa shape index (κ1) is 13.8.